The van der Waals surface area contributed by atoms with Crippen molar-refractivity contribution in [1.29, 1.82) is 0 Å². The Morgan fingerprint density at radius 3 is 2.19 bits per heavy atom. The van der Waals surface area contributed by atoms with E-state index >= 15 is 0 Å². The van der Waals surface area contributed by atoms with Gasteiger partial charge < -0.3 is 5.11 Å². The summed E-state index contributed by atoms with van der Waals surface area (Å²) in [6.07, 6.45) is 3.74. The summed E-state index contributed by atoms with van der Waals surface area (Å²) < 4.78 is 1.72. The van der Waals surface area contributed by atoms with E-state index < -0.39 is 6.10 Å². The van der Waals surface area contributed by atoms with Crippen LogP contribution in [0.25, 0.3) is 0 Å². The molecule has 114 valence electrons. The van der Waals surface area contributed by atoms with Crippen molar-refractivity contribution < 1.29 is 5.11 Å². The van der Waals surface area contributed by atoms with Crippen molar-refractivity contribution in [2.45, 2.75) is 52.6 Å². The van der Waals surface area contributed by atoms with Gasteiger partial charge in [-0.15, -0.1) is 0 Å². The lowest BCUT2D eigenvalue weighted by molar-refractivity contribution is 0.178. The number of aromatic nitrogens is 2. The van der Waals surface area contributed by atoms with Gasteiger partial charge in [-0.05, 0) is 41.5 Å². The van der Waals surface area contributed by atoms with Crippen molar-refractivity contribution >= 4 is 0 Å². The summed E-state index contributed by atoms with van der Waals surface area (Å²) in [6.45, 7) is 10.9. The Bertz CT molecular complexity index is 612. The summed E-state index contributed by atoms with van der Waals surface area (Å²) in [4.78, 5) is 0. The average Bonchev–Trinajstić information content (AvgIpc) is 2.79. The highest BCUT2D eigenvalue weighted by Crippen LogP contribution is 2.29. The molecule has 0 aliphatic carbocycles. The minimum absolute atomic E-state index is 0.149. The second-order valence-electron chi connectivity index (χ2n) is 7.01. The van der Waals surface area contributed by atoms with Crippen LogP contribution in [0.1, 0.15) is 54.7 Å². The Hall–Kier alpha value is -1.61. The number of benzene rings is 1. The average molecular weight is 286 g/mol. The van der Waals surface area contributed by atoms with Gasteiger partial charge in [-0.2, -0.15) is 5.10 Å². The molecular weight excluding hydrogens is 260 g/mol. The van der Waals surface area contributed by atoms with Gasteiger partial charge in [0.05, 0.1) is 12.3 Å². The van der Waals surface area contributed by atoms with Gasteiger partial charge in [0.2, 0.25) is 0 Å². The molecule has 0 fully saturated rings. The van der Waals surface area contributed by atoms with E-state index in [2.05, 4.69) is 51.9 Å². The highest BCUT2D eigenvalue weighted by atomic mass is 16.3. The van der Waals surface area contributed by atoms with Gasteiger partial charge in [-0.3, -0.25) is 4.68 Å². The molecule has 0 amide bonds. The zero-order valence-corrected chi connectivity index (χ0v) is 13.9. The molecule has 0 aliphatic heterocycles. The first-order valence-electron chi connectivity index (χ1n) is 7.45. The monoisotopic (exact) mass is 286 g/mol. The number of hydrogen-bond donors (Lipinski definition) is 1. The SMILES string of the molecule is Cc1cc(C(C)(C)C)cc(C)c1CC(O)c1cnn(C)c1. The lowest BCUT2D eigenvalue weighted by Crippen LogP contribution is -2.13. The van der Waals surface area contributed by atoms with E-state index in [9.17, 15) is 5.11 Å². The molecule has 1 aromatic carbocycles. The van der Waals surface area contributed by atoms with Crippen molar-refractivity contribution in [2.24, 2.45) is 7.05 Å². The highest BCUT2D eigenvalue weighted by Gasteiger charge is 2.18. The zero-order chi connectivity index (χ0) is 15.8. The van der Waals surface area contributed by atoms with Crippen LogP contribution in [0.15, 0.2) is 24.5 Å². The molecule has 2 aromatic rings. The molecule has 0 saturated carbocycles. The van der Waals surface area contributed by atoms with Crippen LogP contribution >= 0.6 is 0 Å². The maximum Gasteiger partial charge on any atom is 0.0861 e. The fraction of sp³-hybridized carbons (Fsp3) is 0.500. The van der Waals surface area contributed by atoms with Gasteiger partial charge >= 0.3 is 0 Å². The second kappa shape index (κ2) is 5.64. The van der Waals surface area contributed by atoms with Crippen molar-refractivity contribution in [3.63, 3.8) is 0 Å². The lowest BCUT2D eigenvalue weighted by Gasteiger charge is -2.23. The molecule has 1 unspecified atom stereocenters. The number of rotatable bonds is 3. The summed E-state index contributed by atoms with van der Waals surface area (Å²) in [6, 6.07) is 4.50. The Kier molecular flexibility index (Phi) is 4.24. The molecule has 0 saturated heterocycles. The van der Waals surface area contributed by atoms with Crippen LogP contribution < -0.4 is 0 Å². The van der Waals surface area contributed by atoms with Gasteiger partial charge in [0.15, 0.2) is 0 Å². The van der Waals surface area contributed by atoms with Crippen LogP contribution in [0.5, 0.6) is 0 Å². The fourth-order valence-electron chi connectivity index (χ4n) is 2.67. The second-order valence-corrected chi connectivity index (χ2v) is 7.01. The third-order valence-corrected chi connectivity index (χ3v) is 4.07. The maximum absolute atomic E-state index is 10.4. The van der Waals surface area contributed by atoms with Crippen molar-refractivity contribution in [1.82, 2.24) is 9.78 Å². The van der Waals surface area contributed by atoms with Gasteiger partial charge in [0.25, 0.3) is 0 Å². The van der Waals surface area contributed by atoms with E-state index in [0.717, 1.165) is 5.56 Å². The maximum atomic E-state index is 10.4. The van der Waals surface area contributed by atoms with E-state index in [1.54, 1.807) is 10.9 Å². The van der Waals surface area contributed by atoms with Crippen molar-refractivity contribution in [2.75, 3.05) is 0 Å². The minimum atomic E-state index is -0.503. The molecule has 21 heavy (non-hydrogen) atoms. The fourth-order valence-corrected chi connectivity index (χ4v) is 2.67. The quantitative estimate of drug-likeness (QED) is 0.936. The van der Waals surface area contributed by atoms with Gasteiger partial charge in [-0.1, -0.05) is 32.9 Å². The molecule has 0 spiro atoms. The van der Waals surface area contributed by atoms with Crippen LogP contribution in [0.2, 0.25) is 0 Å². The summed E-state index contributed by atoms with van der Waals surface area (Å²) in [5.74, 6) is 0. The van der Waals surface area contributed by atoms with Crippen LogP contribution in [-0.4, -0.2) is 14.9 Å². The Labute approximate surface area is 127 Å². The summed E-state index contributed by atoms with van der Waals surface area (Å²) in [7, 11) is 1.87. The molecule has 1 N–H and O–H groups in total. The van der Waals surface area contributed by atoms with Crippen LogP contribution in [0.3, 0.4) is 0 Å². The molecule has 3 nitrogen and oxygen atoms in total. The number of aliphatic hydroxyl groups excluding tert-OH is 1. The molecule has 1 heterocycles. The van der Waals surface area contributed by atoms with Gasteiger partial charge in [0.1, 0.15) is 0 Å². The topological polar surface area (TPSA) is 38.1 Å². The zero-order valence-electron chi connectivity index (χ0n) is 13.9. The third-order valence-electron chi connectivity index (χ3n) is 4.07. The third kappa shape index (κ3) is 3.53. The molecule has 0 aliphatic rings. The normalized spacial score (nSPS) is 13.5. The summed E-state index contributed by atoms with van der Waals surface area (Å²) in [5, 5.41) is 14.5. The van der Waals surface area contributed by atoms with Crippen LogP contribution in [0, 0.1) is 13.8 Å². The van der Waals surface area contributed by atoms with E-state index in [1.165, 1.54) is 22.3 Å². The highest BCUT2D eigenvalue weighted by molar-refractivity contribution is 5.41. The Morgan fingerprint density at radius 2 is 1.76 bits per heavy atom. The Balaban J connectivity index is 2.28. The minimum Gasteiger partial charge on any atom is -0.388 e. The number of nitrogens with zero attached hydrogens (tertiary/aromatic N) is 2. The standard InChI is InChI=1S/C18H26N2O/c1-12-7-15(18(3,4)5)8-13(2)16(12)9-17(21)14-10-19-20(6)11-14/h7-8,10-11,17,21H,9H2,1-6H3. The van der Waals surface area contributed by atoms with Crippen LogP contribution in [-0.2, 0) is 18.9 Å². The molecule has 0 radical (unpaired) electrons. The van der Waals surface area contributed by atoms with Crippen molar-refractivity contribution in [3.8, 4) is 0 Å². The molecule has 0 bridgehead atoms. The molecule has 1 aromatic heterocycles. The van der Waals surface area contributed by atoms with Crippen molar-refractivity contribution in [3.05, 3.63) is 52.3 Å². The van der Waals surface area contributed by atoms with E-state index in [-0.39, 0.29) is 5.41 Å². The first kappa shape index (κ1) is 15.8. The molecular formula is C18H26N2O. The summed E-state index contributed by atoms with van der Waals surface area (Å²) >= 11 is 0. The smallest absolute Gasteiger partial charge is 0.0861 e. The molecule has 1 atom stereocenters. The van der Waals surface area contributed by atoms with E-state index in [4.69, 9.17) is 0 Å². The largest absolute Gasteiger partial charge is 0.388 e. The number of hydrogen-bond acceptors (Lipinski definition) is 2. The number of aryl methyl sites for hydroxylation is 3. The summed E-state index contributed by atoms with van der Waals surface area (Å²) in [5.41, 5.74) is 6.11. The lowest BCUT2D eigenvalue weighted by atomic mass is 9.83. The van der Waals surface area contributed by atoms with Gasteiger partial charge in [0, 0.05) is 25.2 Å². The van der Waals surface area contributed by atoms with Crippen LogP contribution in [0.4, 0.5) is 0 Å². The molecule has 3 heteroatoms. The predicted molar refractivity (Wildman–Crippen MR) is 86.5 cm³/mol. The first-order valence-corrected chi connectivity index (χ1v) is 7.45. The Morgan fingerprint density at radius 1 is 1.19 bits per heavy atom. The van der Waals surface area contributed by atoms with Gasteiger partial charge in [-0.25, -0.2) is 0 Å². The first-order chi connectivity index (χ1) is 9.68. The predicted octanol–water partition coefficient (Wildman–Crippen LogP) is 3.61. The van der Waals surface area contributed by atoms with E-state index in [0.29, 0.717) is 6.42 Å². The van der Waals surface area contributed by atoms with E-state index in [1.807, 2.05) is 13.2 Å². The molecule has 2 rings (SSSR count). The number of aliphatic hydroxyl groups is 1.